The number of carbonyl (C=O) groups excluding carboxylic acids is 4. The minimum absolute atomic E-state index is 0.00744. The molecule has 0 spiro atoms. The van der Waals surface area contributed by atoms with Gasteiger partial charge in [0.2, 0.25) is 17.7 Å². The molecule has 0 saturated carbocycles. The fourth-order valence-corrected chi connectivity index (χ4v) is 3.11. The van der Waals surface area contributed by atoms with Gasteiger partial charge in [0.15, 0.2) is 0 Å². The van der Waals surface area contributed by atoms with Crippen molar-refractivity contribution in [3.05, 3.63) is 29.8 Å². The zero-order valence-corrected chi connectivity index (χ0v) is 20.0. The monoisotopic (exact) mass is 464 g/mol. The summed E-state index contributed by atoms with van der Waals surface area (Å²) in [6.07, 6.45) is 1.36. The van der Waals surface area contributed by atoms with Crippen LogP contribution < -0.4 is 16.4 Å². The molecule has 10 heteroatoms. The van der Waals surface area contributed by atoms with Gasteiger partial charge in [-0.15, -0.1) is 0 Å². The van der Waals surface area contributed by atoms with Crippen molar-refractivity contribution in [3.8, 4) is 5.75 Å². The van der Waals surface area contributed by atoms with Crippen molar-refractivity contribution >= 4 is 23.8 Å². The molecule has 10 nitrogen and oxygen atoms in total. The van der Waals surface area contributed by atoms with Crippen LogP contribution in [-0.2, 0) is 19.1 Å². The number of alkyl carbamates (subject to hydrolysis) is 1. The molecule has 0 bridgehead atoms. The lowest BCUT2D eigenvalue weighted by molar-refractivity contribution is -0.141. The highest BCUT2D eigenvalue weighted by Crippen LogP contribution is 2.23. The lowest BCUT2D eigenvalue weighted by Gasteiger charge is -2.31. The highest BCUT2D eigenvalue weighted by molar-refractivity contribution is 5.94. The Balaban J connectivity index is 3.16. The summed E-state index contributed by atoms with van der Waals surface area (Å²) in [7, 11) is 1.40. The number of phenols is 1. The maximum Gasteiger partial charge on any atom is 0.408 e. The zero-order chi connectivity index (χ0) is 25.2. The molecule has 0 aliphatic rings. The standard InChI is InChI=1S/C23H36N4O6/c1-6-7-8-13-25-20(30)19(15-9-11-16(28)12-10-15)27(5)21(31)17(14-18(24)29)26-22(32)33-23(2,3)4/h9-12,17,19,28H,6-8,13-14H2,1-5H3,(H2,24,29)(H,25,30)(H,26,32). The van der Waals surface area contributed by atoms with Gasteiger partial charge in [0.1, 0.15) is 23.4 Å². The quantitative estimate of drug-likeness (QED) is 0.368. The van der Waals surface area contributed by atoms with E-state index in [0.717, 1.165) is 24.2 Å². The van der Waals surface area contributed by atoms with Gasteiger partial charge in [0.05, 0.1) is 6.42 Å². The number of hydrogen-bond donors (Lipinski definition) is 4. The van der Waals surface area contributed by atoms with Crippen LogP contribution >= 0.6 is 0 Å². The Bertz CT molecular complexity index is 819. The van der Waals surface area contributed by atoms with Crippen molar-refractivity contribution in [1.29, 1.82) is 0 Å². The number of nitrogens with zero attached hydrogens (tertiary/aromatic N) is 1. The molecule has 0 radical (unpaired) electrons. The van der Waals surface area contributed by atoms with Crippen LogP contribution in [0.5, 0.6) is 5.75 Å². The summed E-state index contributed by atoms with van der Waals surface area (Å²) >= 11 is 0. The van der Waals surface area contributed by atoms with E-state index in [1.165, 1.54) is 31.3 Å². The van der Waals surface area contributed by atoms with E-state index in [-0.39, 0.29) is 5.75 Å². The third kappa shape index (κ3) is 9.80. The van der Waals surface area contributed by atoms with E-state index in [1.807, 2.05) is 6.92 Å². The first-order chi connectivity index (χ1) is 15.4. The fraction of sp³-hybridized carbons (Fsp3) is 0.565. The first-order valence-electron chi connectivity index (χ1n) is 11.0. The molecule has 0 aromatic heterocycles. The van der Waals surface area contributed by atoms with Crippen molar-refractivity contribution < 1.29 is 29.0 Å². The number of nitrogens with two attached hydrogens (primary N) is 1. The van der Waals surface area contributed by atoms with Crippen LogP contribution in [0.2, 0.25) is 0 Å². The molecular formula is C23H36N4O6. The van der Waals surface area contributed by atoms with Gasteiger partial charge in [-0.25, -0.2) is 4.79 Å². The average molecular weight is 465 g/mol. The Kier molecular flexibility index (Phi) is 10.6. The number of likely N-dealkylation sites (N-methyl/N-ethyl adjacent to an activating group) is 1. The minimum Gasteiger partial charge on any atom is -0.508 e. The molecule has 5 N–H and O–H groups in total. The Hall–Kier alpha value is -3.30. The second-order valence-electron chi connectivity index (χ2n) is 8.81. The highest BCUT2D eigenvalue weighted by Gasteiger charge is 2.34. The molecule has 2 unspecified atom stereocenters. The highest BCUT2D eigenvalue weighted by atomic mass is 16.6. The van der Waals surface area contributed by atoms with Crippen LogP contribution in [-0.4, -0.2) is 59.1 Å². The Morgan fingerprint density at radius 1 is 1.12 bits per heavy atom. The summed E-state index contributed by atoms with van der Waals surface area (Å²) < 4.78 is 5.18. The number of ether oxygens (including phenoxy) is 1. The SMILES string of the molecule is CCCCCNC(=O)C(c1ccc(O)cc1)N(C)C(=O)C(CC(N)=O)NC(=O)OC(C)(C)C. The van der Waals surface area contributed by atoms with Crippen LogP contribution in [0.4, 0.5) is 4.79 Å². The van der Waals surface area contributed by atoms with Crippen molar-refractivity contribution in [3.63, 3.8) is 0 Å². The van der Waals surface area contributed by atoms with Gasteiger partial charge in [-0.05, 0) is 44.9 Å². The minimum atomic E-state index is -1.32. The lowest BCUT2D eigenvalue weighted by Crippen LogP contribution is -2.52. The molecular weight excluding hydrogens is 428 g/mol. The summed E-state index contributed by atoms with van der Waals surface area (Å²) in [6, 6.07) is 3.49. The van der Waals surface area contributed by atoms with Crippen LogP contribution in [0.15, 0.2) is 24.3 Å². The van der Waals surface area contributed by atoms with Gasteiger partial charge in [-0.2, -0.15) is 0 Å². The molecule has 0 saturated heterocycles. The number of phenolic OH excluding ortho intramolecular Hbond substituents is 1. The number of primary amides is 1. The number of rotatable bonds is 11. The molecule has 1 aromatic carbocycles. The molecule has 2 atom stereocenters. The molecule has 0 aliphatic carbocycles. The molecule has 0 aliphatic heterocycles. The third-order valence-electron chi connectivity index (χ3n) is 4.67. The Labute approximate surface area is 194 Å². The number of amides is 4. The third-order valence-corrected chi connectivity index (χ3v) is 4.67. The van der Waals surface area contributed by atoms with Crippen LogP contribution in [0.1, 0.15) is 65.0 Å². The van der Waals surface area contributed by atoms with E-state index in [4.69, 9.17) is 10.5 Å². The smallest absolute Gasteiger partial charge is 0.408 e. The first kappa shape index (κ1) is 27.7. The summed E-state index contributed by atoms with van der Waals surface area (Å²) in [4.78, 5) is 51.2. The molecule has 184 valence electrons. The number of aromatic hydroxyl groups is 1. The van der Waals surface area contributed by atoms with Crippen LogP contribution in [0.25, 0.3) is 0 Å². The molecule has 0 heterocycles. The topological polar surface area (TPSA) is 151 Å². The molecule has 1 aromatic rings. The Morgan fingerprint density at radius 2 is 1.73 bits per heavy atom. The summed E-state index contributed by atoms with van der Waals surface area (Å²) in [5.74, 6) is -1.92. The maximum atomic E-state index is 13.3. The van der Waals surface area contributed by atoms with Crippen molar-refractivity contribution in [2.75, 3.05) is 13.6 Å². The van der Waals surface area contributed by atoms with E-state index in [9.17, 15) is 24.3 Å². The summed E-state index contributed by atoms with van der Waals surface area (Å²) in [5, 5.41) is 14.8. The number of nitrogens with one attached hydrogen (secondary N) is 2. The largest absolute Gasteiger partial charge is 0.508 e. The molecule has 4 amide bonds. The fourth-order valence-electron chi connectivity index (χ4n) is 3.11. The number of hydrogen-bond acceptors (Lipinski definition) is 6. The summed E-state index contributed by atoms with van der Waals surface area (Å²) in [5.41, 5.74) is 4.92. The predicted molar refractivity (Wildman–Crippen MR) is 123 cm³/mol. The van der Waals surface area contributed by atoms with Gasteiger partial charge in [0, 0.05) is 13.6 Å². The van der Waals surface area contributed by atoms with E-state index in [0.29, 0.717) is 12.1 Å². The number of unbranched alkanes of at least 4 members (excludes halogenated alkanes) is 2. The second-order valence-corrected chi connectivity index (χ2v) is 8.81. The zero-order valence-electron chi connectivity index (χ0n) is 20.0. The average Bonchev–Trinajstić information content (AvgIpc) is 2.70. The van der Waals surface area contributed by atoms with Crippen molar-refractivity contribution in [2.24, 2.45) is 5.73 Å². The summed E-state index contributed by atoms with van der Waals surface area (Å²) in [6.45, 7) is 7.46. The van der Waals surface area contributed by atoms with Gasteiger partial charge < -0.3 is 31.1 Å². The van der Waals surface area contributed by atoms with Gasteiger partial charge >= 0.3 is 6.09 Å². The van der Waals surface area contributed by atoms with E-state index < -0.39 is 47.9 Å². The van der Waals surface area contributed by atoms with Gasteiger partial charge in [-0.3, -0.25) is 14.4 Å². The molecule has 33 heavy (non-hydrogen) atoms. The lowest BCUT2D eigenvalue weighted by atomic mass is 10.0. The predicted octanol–water partition coefficient (Wildman–Crippen LogP) is 1.97. The Morgan fingerprint density at radius 3 is 2.24 bits per heavy atom. The van der Waals surface area contributed by atoms with E-state index in [1.54, 1.807) is 20.8 Å². The molecule has 0 fully saturated rings. The maximum absolute atomic E-state index is 13.3. The molecule has 1 rings (SSSR count). The van der Waals surface area contributed by atoms with Crippen LogP contribution in [0, 0.1) is 0 Å². The van der Waals surface area contributed by atoms with Gasteiger partial charge in [-0.1, -0.05) is 31.9 Å². The van der Waals surface area contributed by atoms with Crippen molar-refractivity contribution in [1.82, 2.24) is 15.5 Å². The van der Waals surface area contributed by atoms with Crippen LogP contribution in [0.3, 0.4) is 0 Å². The second kappa shape index (κ2) is 12.7. The van der Waals surface area contributed by atoms with E-state index in [2.05, 4.69) is 10.6 Å². The first-order valence-corrected chi connectivity index (χ1v) is 11.0. The number of benzene rings is 1. The normalized spacial score (nSPS) is 12.9. The van der Waals surface area contributed by atoms with Gasteiger partial charge in [0.25, 0.3) is 0 Å². The number of carbonyl (C=O) groups is 4. The van der Waals surface area contributed by atoms with E-state index >= 15 is 0 Å². The van der Waals surface area contributed by atoms with Crippen molar-refractivity contribution in [2.45, 2.75) is 71.1 Å².